The lowest BCUT2D eigenvalue weighted by atomic mass is 9.75. The number of carbonyl (C=O) groups is 2. The van der Waals surface area contributed by atoms with Crippen LogP contribution < -0.4 is 16.4 Å². The fourth-order valence-electron chi connectivity index (χ4n) is 4.96. The van der Waals surface area contributed by atoms with Crippen molar-refractivity contribution in [3.05, 3.63) is 0 Å². The van der Waals surface area contributed by atoms with Crippen molar-refractivity contribution >= 4 is 12.2 Å². The first-order valence-electron chi connectivity index (χ1n) is 10.4. The van der Waals surface area contributed by atoms with Gasteiger partial charge < -0.3 is 25.4 Å². The highest BCUT2D eigenvalue weighted by molar-refractivity contribution is 5.72. The molecular weight excluding hydrogens is 362 g/mol. The van der Waals surface area contributed by atoms with Crippen molar-refractivity contribution in [2.75, 3.05) is 26.7 Å². The Morgan fingerprint density at radius 1 is 1.11 bits per heavy atom. The Morgan fingerprint density at radius 2 is 1.86 bits per heavy atom. The van der Waals surface area contributed by atoms with Gasteiger partial charge in [-0.3, -0.25) is 10.2 Å². The number of fused-ring (bicyclic) bond motifs is 1. The van der Waals surface area contributed by atoms with E-state index in [2.05, 4.69) is 10.6 Å². The number of nitrogens with two attached hydrogens (primary N) is 1. The molecule has 28 heavy (non-hydrogen) atoms. The van der Waals surface area contributed by atoms with Crippen molar-refractivity contribution in [3.8, 4) is 0 Å². The van der Waals surface area contributed by atoms with E-state index in [4.69, 9.17) is 15.2 Å². The van der Waals surface area contributed by atoms with E-state index >= 15 is 0 Å². The molecule has 6 unspecified atom stereocenters. The molecule has 0 bridgehead atoms. The van der Waals surface area contributed by atoms with Crippen LogP contribution in [0.5, 0.6) is 0 Å². The van der Waals surface area contributed by atoms with Gasteiger partial charge in [-0.2, -0.15) is 0 Å². The van der Waals surface area contributed by atoms with Crippen molar-refractivity contribution in [2.45, 2.75) is 76.5 Å². The summed E-state index contributed by atoms with van der Waals surface area (Å²) in [4.78, 5) is 28.9. The zero-order valence-corrected chi connectivity index (χ0v) is 17.4. The quantitative estimate of drug-likeness (QED) is 0.629. The molecule has 160 valence electrons. The lowest BCUT2D eigenvalue weighted by Crippen LogP contribution is -2.68. The van der Waals surface area contributed by atoms with Crippen LogP contribution in [0.25, 0.3) is 0 Å². The maximum Gasteiger partial charge on any atom is 0.410 e. The highest BCUT2D eigenvalue weighted by atomic mass is 16.6. The molecule has 2 aliphatic heterocycles. The summed E-state index contributed by atoms with van der Waals surface area (Å²) in [5, 5.41) is 6.87. The molecule has 3 fully saturated rings. The molecule has 9 nitrogen and oxygen atoms in total. The minimum Gasteiger partial charge on any atom is -0.453 e. The summed E-state index contributed by atoms with van der Waals surface area (Å²) in [6.07, 6.45) is 1.85. The monoisotopic (exact) mass is 397 g/mol. The topological polar surface area (TPSA) is 109 Å². The maximum absolute atomic E-state index is 12.8. The number of hydrogen-bond acceptors (Lipinski definition) is 7. The third-order valence-electron chi connectivity index (χ3n) is 6.24. The molecule has 2 amide bonds. The van der Waals surface area contributed by atoms with Gasteiger partial charge in [-0.25, -0.2) is 9.59 Å². The number of rotatable bonds is 2. The van der Waals surface area contributed by atoms with Crippen LogP contribution in [0.15, 0.2) is 0 Å². The smallest absolute Gasteiger partial charge is 0.410 e. The second-order valence-corrected chi connectivity index (χ2v) is 8.55. The summed E-state index contributed by atoms with van der Waals surface area (Å²) in [7, 11) is 1.41. The number of hydrogen-bond donors (Lipinski definition) is 3. The van der Waals surface area contributed by atoms with Crippen LogP contribution >= 0.6 is 0 Å². The zero-order chi connectivity index (χ0) is 20.4. The van der Waals surface area contributed by atoms with Crippen LogP contribution in [0.3, 0.4) is 0 Å². The number of carbonyl (C=O) groups excluding carboxylic acids is 2. The van der Waals surface area contributed by atoms with Gasteiger partial charge in [-0.05, 0) is 46.0 Å². The number of amides is 2. The molecule has 4 N–H and O–H groups in total. The van der Waals surface area contributed by atoms with Crippen LogP contribution in [0.1, 0.15) is 40.0 Å². The van der Waals surface area contributed by atoms with E-state index in [1.165, 1.54) is 7.11 Å². The minimum atomic E-state index is -0.318. The number of nitrogens with one attached hydrogen (secondary N) is 2. The summed E-state index contributed by atoms with van der Waals surface area (Å²) in [5.74, 6) is 0.406. The zero-order valence-electron chi connectivity index (χ0n) is 17.4. The Kier molecular flexibility index (Phi) is 6.67. The van der Waals surface area contributed by atoms with Crippen LogP contribution in [-0.4, -0.2) is 85.2 Å². The summed E-state index contributed by atoms with van der Waals surface area (Å²) in [5.41, 5.74) is 5.92. The summed E-state index contributed by atoms with van der Waals surface area (Å²) >= 11 is 0. The van der Waals surface area contributed by atoms with E-state index < -0.39 is 0 Å². The molecular formula is C19H35N5O4. The molecule has 9 heteroatoms. The normalized spacial score (nSPS) is 36.1. The van der Waals surface area contributed by atoms with Gasteiger partial charge in [0, 0.05) is 25.7 Å². The van der Waals surface area contributed by atoms with Crippen molar-refractivity contribution in [1.82, 2.24) is 20.4 Å². The molecule has 0 aromatic carbocycles. The highest BCUT2D eigenvalue weighted by Gasteiger charge is 2.49. The lowest BCUT2D eigenvalue weighted by molar-refractivity contribution is -0.0437. The van der Waals surface area contributed by atoms with Crippen LogP contribution in [-0.2, 0) is 9.47 Å². The van der Waals surface area contributed by atoms with E-state index in [0.717, 1.165) is 32.4 Å². The molecule has 1 saturated carbocycles. The lowest BCUT2D eigenvalue weighted by Gasteiger charge is -2.54. The molecule has 0 radical (unpaired) electrons. The molecule has 1 aliphatic carbocycles. The average Bonchev–Trinajstić information content (AvgIpc) is 2.66. The SMILES string of the molecule is COC(=O)N1C(C)CN(C(=O)OC(C)C)C2CC(C3CNC(N)CN3)CCC21. The van der Waals surface area contributed by atoms with Gasteiger partial charge in [-0.15, -0.1) is 0 Å². The maximum atomic E-state index is 12.8. The third-order valence-corrected chi connectivity index (χ3v) is 6.24. The van der Waals surface area contributed by atoms with Gasteiger partial charge >= 0.3 is 12.2 Å². The summed E-state index contributed by atoms with van der Waals surface area (Å²) in [6, 6.07) is 0.0794. The fourth-order valence-corrected chi connectivity index (χ4v) is 4.96. The third kappa shape index (κ3) is 4.36. The second kappa shape index (κ2) is 8.84. The summed E-state index contributed by atoms with van der Waals surface area (Å²) < 4.78 is 10.6. The number of piperazine rings is 2. The largest absolute Gasteiger partial charge is 0.453 e. The number of nitrogens with zero attached hydrogens (tertiary/aromatic N) is 2. The van der Waals surface area contributed by atoms with Gasteiger partial charge in [0.05, 0.1) is 37.5 Å². The Labute approximate surface area is 167 Å². The van der Waals surface area contributed by atoms with E-state index in [1.54, 1.807) is 0 Å². The van der Waals surface area contributed by atoms with Crippen molar-refractivity contribution in [1.29, 1.82) is 0 Å². The molecule has 3 aliphatic rings. The Balaban J connectivity index is 1.79. The van der Waals surface area contributed by atoms with Gasteiger partial charge in [0.15, 0.2) is 0 Å². The van der Waals surface area contributed by atoms with E-state index in [-0.39, 0.29) is 42.6 Å². The second-order valence-electron chi connectivity index (χ2n) is 8.55. The predicted molar refractivity (Wildman–Crippen MR) is 105 cm³/mol. The van der Waals surface area contributed by atoms with E-state index in [0.29, 0.717) is 18.5 Å². The molecule has 2 saturated heterocycles. The summed E-state index contributed by atoms with van der Waals surface area (Å²) in [6.45, 7) is 7.68. The highest BCUT2D eigenvalue weighted by Crippen LogP contribution is 2.37. The number of methoxy groups -OCH3 is 1. The van der Waals surface area contributed by atoms with Crippen LogP contribution in [0.4, 0.5) is 9.59 Å². The Hall–Kier alpha value is -1.58. The van der Waals surface area contributed by atoms with Crippen LogP contribution in [0.2, 0.25) is 0 Å². The van der Waals surface area contributed by atoms with E-state index in [1.807, 2.05) is 30.6 Å². The standard InChI is InChI=1S/C19H35N5O4/c1-11(2)28-18(25)23-10-12(3)24(19(26)27-4)15-6-5-13(7-16(15)23)14-8-22-17(20)9-21-14/h11-17,21-22H,5-10,20H2,1-4H3. The van der Waals surface area contributed by atoms with Gasteiger partial charge in [0.1, 0.15) is 0 Å². The Bertz CT molecular complexity index is 567. The molecule has 3 rings (SSSR count). The first kappa shape index (κ1) is 21.1. The predicted octanol–water partition coefficient (Wildman–Crippen LogP) is 0.687. The van der Waals surface area contributed by atoms with Crippen molar-refractivity contribution in [2.24, 2.45) is 11.7 Å². The molecule has 0 aromatic rings. The molecule has 2 heterocycles. The fraction of sp³-hybridized carbons (Fsp3) is 0.895. The van der Waals surface area contributed by atoms with Gasteiger partial charge in [0.25, 0.3) is 0 Å². The van der Waals surface area contributed by atoms with Gasteiger partial charge in [-0.1, -0.05) is 0 Å². The number of ether oxygens (including phenoxy) is 2. The minimum absolute atomic E-state index is 0.0181. The van der Waals surface area contributed by atoms with Gasteiger partial charge in [0.2, 0.25) is 0 Å². The van der Waals surface area contributed by atoms with Crippen LogP contribution in [0, 0.1) is 5.92 Å². The Morgan fingerprint density at radius 3 is 2.46 bits per heavy atom. The van der Waals surface area contributed by atoms with Crippen molar-refractivity contribution in [3.63, 3.8) is 0 Å². The first-order chi connectivity index (χ1) is 13.3. The molecule has 6 atom stereocenters. The average molecular weight is 398 g/mol. The molecule has 0 aromatic heterocycles. The first-order valence-corrected chi connectivity index (χ1v) is 10.4. The molecule has 0 spiro atoms. The van der Waals surface area contributed by atoms with E-state index in [9.17, 15) is 9.59 Å². The van der Waals surface area contributed by atoms with Crippen molar-refractivity contribution < 1.29 is 19.1 Å².